The Morgan fingerprint density at radius 2 is 2.19 bits per heavy atom. The highest BCUT2D eigenvalue weighted by Crippen LogP contribution is 2.10. The van der Waals surface area contributed by atoms with Crippen molar-refractivity contribution < 1.29 is 29.0 Å². The highest BCUT2D eigenvalue weighted by atomic mass is 16.5. The number of ether oxygens (including phenoxy) is 2. The van der Waals surface area contributed by atoms with Gasteiger partial charge in [0.1, 0.15) is 6.04 Å². The second kappa shape index (κ2) is 8.46. The molecule has 8 heteroatoms. The number of nitrogens with zero attached hydrogens (tertiary/aromatic N) is 1. The van der Waals surface area contributed by atoms with Crippen LogP contribution in [0, 0.1) is 0 Å². The highest BCUT2D eigenvalue weighted by Gasteiger charge is 2.28. The molecule has 2 amide bonds. The van der Waals surface area contributed by atoms with Gasteiger partial charge in [0, 0.05) is 13.1 Å². The Morgan fingerprint density at radius 1 is 1.48 bits per heavy atom. The van der Waals surface area contributed by atoms with Crippen molar-refractivity contribution in [3.8, 4) is 0 Å². The number of aliphatic carboxylic acids is 1. The summed E-state index contributed by atoms with van der Waals surface area (Å²) >= 11 is 0. The van der Waals surface area contributed by atoms with Gasteiger partial charge in [0.15, 0.2) is 0 Å². The van der Waals surface area contributed by atoms with Gasteiger partial charge in [-0.05, 0) is 6.42 Å². The van der Waals surface area contributed by atoms with Crippen LogP contribution in [0.25, 0.3) is 0 Å². The van der Waals surface area contributed by atoms with Crippen LogP contribution in [0.1, 0.15) is 26.2 Å². The third-order valence-electron chi connectivity index (χ3n) is 3.22. The number of hydrogen-bond donors (Lipinski definition) is 2. The van der Waals surface area contributed by atoms with Crippen molar-refractivity contribution in [2.24, 2.45) is 0 Å². The maximum atomic E-state index is 12.1. The SMILES string of the molecule is CCC[C@@H](NC(=O)N1CCOC(CC(=O)OC)C1)C(=O)O. The number of carboxylic acids is 1. The smallest absolute Gasteiger partial charge is 0.326 e. The van der Waals surface area contributed by atoms with Crippen LogP contribution in [-0.4, -0.2) is 66.9 Å². The molecule has 0 bridgehead atoms. The van der Waals surface area contributed by atoms with E-state index in [4.69, 9.17) is 9.84 Å². The Morgan fingerprint density at radius 3 is 2.76 bits per heavy atom. The van der Waals surface area contributed by atoms with Crippen LogP contribution in [0.4, 0.5) is 4.79 Å². The summed E-state index contributed by atoms with van der Waals surface area (Å²) in [5, 5.41) is 11.5. The first kappa shape index (κ1) is 17.2. The summed E-state index contributed by atoms with van der Waals surface area (Å²) in [6, 6.07) is -1.35. The molecule has 21 heavy (non-hydrogen) atoms. The van der Waals surface area contributed by atoms with E-state index in [9.17, 15) is 14.4 Å². The number of carboxylic acid groups (broad SMARTS) is 1. The van der Waals surface area contributed by atoms with E-state index >= 15 is 0 Å². The maximum absolute atomic E-state index is 12.1. The van der Waals surface area contributed by atoms with Gasteiger partial charge in [-0.25, -0.2) is 9.59 Å². The summed E-state index contributed by atoms with van der Waals surface area (Å²) in [6.45, 7) is 2.76. The number of rotatable bonds is 6. The highest BCUT2D eigenvalue weighted by molar-refractivity contribution is 5.82. The third kappa shape index (κ3) is 5.58. The summed E-state index contributed by atoms with van der Waals surface area (Å²) in [5.41, 5.74) is 0. The Hall–Kier alpha value is -1.83. The first-order valence-electron chi connectivity index (χ1n) is 6.94. The monoisotopic (exact) mass is 302 g/mol. The van der Waals surface area contributed by atoms with Gasteiger partial charge < -0.3 is 24.8 Å². The molecule has 0 radical (unpaired) electrons. The van der Waals surface area contributed by atoms with E-state index in [1.165, 1.54) is 12.0 Å². The van der Waals surface area contributed by atoms with Crippen molar-refractivity contribution in [1.29, 1.82) is 0 Å². The lowest BCUT2D eigenvalue weighted by Gasteiger charge is -2.33. The lowest BCUT2D eigenvalue weighted by Crippen LogP contribution is -2.53. The molecule has 2 atom stereocenters. The Bertz CT molecular complexity index is 387. The molecule has 0 aromatic carbocycles. The van der Waals surface area contributed by atoms with Crippen molar-refractivity contribution in [2.45, 2.75) is 38.3 Å². The molecule has 1 aliphatic rings. The van der Waals surface area contributed by atoms with E-state index < -0.39 is 30.1 Å². The number of methoxy groups -OCH3 is 1. The number of esters is 1. The standard InChI is InChI=1S/C13H22N2O6/c1-3-4-10(12(17)18)14-13(19)15-5-6-21-9(8-15)7-11(16)20-2/h9-10H,3-8H2,1-2H3,(H,14,19)(H,17,18)/t9?,10-/m1/s1. The van der Waals surface area contributed by atoms with Gasteiger partial charge in [-0.1, -0.05) is 13.3 Å². The molecule has 1 saturated heterocycles. The molecule has 2 N–H and O–H groups in total. The zero-order chi connectivity index (χ0) is 15.8. The molecule has 1 fully saturated rings. The minimum atomic E-state index is -1.05. The molecule has 0 aromatic heterocycles. The quantitative estimate of drug-likeness (QED) is 0.680. The Labute approximate surface area is 123 Å². The van der Waals surface area contributed by atoms with Crippen molar-refractivity contribution in [3.63, 3.8) is 0 Å². The molecule has 0 aliphatic carbocycles. The van der Waals surface area contributed by atoms with Crippen LogP contribution < -0.4 is 5.32 Å². The van der Waals surface area contributed by atoms with Crippen LogP contribution in [-0.2, 0) is 19.1 Å². The van der Waals surface area contributed by atoms with E-state index in [1.807, 2.05) is 6.92 Å². The summed E-state index contributed by atoms with van der Waals surface area (Å²) in [7, 11) is 1.29. The van der Waals surface area contributed by atoms with E-state index in [-0.39, 0.29) is 13.0 Å². The predicted molar refractivity (Wildman–Crippen MR) is 72.8 cm³/mol. The lowest BCUT2D eigenvalue weighted by atomic mass is 10.1. The topological polar surface area (TPSA) is 105 Å². The number of carbonyl (C=O) groups is 3. The summed E-state index contributed by atoms with van der Waals surface area (Å²) < 4.78 is 9.95. The van der Waals surface area contributed by atoms with Crippen molar-refractivity contribution in [2.75, 3.05) is 26.8 Å². The molecule has 1 heterocycles. The maximum Gasteiger partial charge on any atom is 0.326 e. The number of nitrogens with one attached hydrogen (secondary N) is 1. The minimum absolute atomic E-state index is 0.0671. The summed E-state index contributed by atoms with van der Waals surface area (Å²) in [6.07, 6.45) is 0.673. The van der Waals surface area contributed by atoms with Gasteiger partial charge in [-0.15, -0.1) is 0 Å². The average Bonchev–Trinajstić information content (AvgIpc) is 2.46. The molecular weight excluding hydrogens is 280 g/mol. The molecule has 0 spiro atoms. The summed E-state index contributed by atoms with van der Waals surface area (Å²) in [4.78, 5) is 35.8. The lowest BCUT2D eigenvalue weighted by molar-refractivity contribution is -0.145. The third-order valence-corrected chi connectivity index (χ3v) is 3.22. The zero-order valence-corrected chi connectivity index (χ0v) is 12.3. The van der Waals surface area contributed by atoms with Gasteiger partial charge in [0.2, 0.25) is 0 Å². The van der Waals surface area contributed by atoms with Gasteiger partial charge in [0.25, 0.3) is 0 Å². The molecule has 1 rings (SSSR count). The van der Waals surface area contributed by atoms with Gasteiger partial charge in [-0.2, -0.15) is 0 Å². The number of urea groups is 1. The number of morpholine rings is 1. The molecule has 0 aromatic rings. The predicted octanol–water partition coefficient (Wildman–Crippen LogP) is 0.213. The number of amides is 2. The largest absolute Gasteiger partial charge is 0.480 e. The first-order valence-corrected chi connectivity index (χ1v) is 6.94. The molecular formula is C13H22N2O6. The molecule has 1 unspecified atom stereocenters. The van der Waals surface area contributed by atoms with E-state index in [0.29, 0.717) is 26.0 Å². The summed E-state index contributed by atoms with van der Waals surface area (Å²) in [5.74, 6) is -1.46. The van der Waals surface area contributed by atoms with Crippen LogP contribution in [0.3, 0.4) is 0 Å². The number of hydrogen-bond acceptors (Lipinski definition) is 5. The fraction of sp³-hybridized carbons (Fsp3) is 0.769. The minimum Gasteiger partial charge on any atom is -0.480 e. The number of carbonyl (C=O) groups excluding carboxylic acids is 2. The van der Waals surface area contributed by atoms with Crippen molar-refractivity contribution in [3.05, 3.63) is 0 Å². The van der Waals surface area contributed by atoms with Gasteiger partial charge >= 0.3 is 18.0 Å². The second-order valence-corrected chi connectivity index (χ2v) is 4.85. The first-order chi connectivity index (χ1) is 9.97. The fourth-order valence-corrected chi connectivity index (χ4v) is 2.08. The van der Waals surface area contributed by atoms with E-state index in [1.54, 1.807) is 0 Å². The van der Waals surface area contributed by atoms with Gasteiger partial charge in [0.05, 0.1) is 26.2 Å². The van der Waals surface area contributed by atoms with E-state index in [2.05, 4.69) is 10.1 Å². The molecule has 1 aliphatic heterocycles. The molecule has 0 saturated carbocycles. The Kier molecular flexibility index (Phi) is 6.93. The Balaban J connectivity index is 2.52. The van der Waals surface area contributed by atoms with Crippen LogP contribution in [0.15, 0.2) is 0 Å². The fourth-order valence-electron chi connectivity index (χ4n) is 2.08. The van der Waals surface area contributed by atoms with Crippen LogP contribution >= 0.6 is 0 Å². The average molecular weight is 302 g/mol. The van der Waals surface area contributed by atoms with E-state index in [0.717, 1.165) is 0 Å². The van der Waals surface area contributed by atoms with Crippen LogP contribution in [0.5, 0.6) is 0 Å². The second-order valence-electron chi connectivity index (χ2n) is 4.85. The van der Waals surface area contributed by atoms with Gasteiger partial charge in [-0.3, -0.25) is 4.79 Å². The molecule has 120 valence electrons. The van der Waals surface area contributed by atoms with Crippen molar-refractivity contribution >= 4 is 18.0 Å². The normalized spacial score (nSPS) is 19.7. The van der Waals surface area contributed by atoms with Crippen LogP contribution in [0.2, 0.25) is 0 Å². The van der Waals surface area contributed by atoms with Crippen molar-refractivity contribution in [1.82, 2.24) is 10.2 Å². The molecule has 8 nitrogen and oxygen atoms in total. The zero-order valence-electron chi connectivity index (χ0n) is 12.3.